The number of carbonyl (C=O) groups excluding carboxylic acids is 3. The first-order valence-corrected chi connectivity index (χ1v) is 9.41. The summed E-state index contributed by atoms with van der Waals surface area (Å²) >= 11 is 3.29. The van der Waals surface area contributed by atoms with Gasteiger partial charge in [-0.25, -0.2) is 4.79 Å². The van der Waals surface area contributed by atoms with Gasteiger partial charge in [0.25, 0.3) is 11.8 Å². The van der Waals surface area contributed by atoms with Gasteiger partial charge >= 0.3 is 5.97 Å². The number of carbonyl (C=O) groups is 4. The number of rotatable bonds is 7. The highest BCUT2D eigenvalue weighted by Crippen LogP contribution is 2.26. The van der Waals surface area contributed by atoms with Crippen LogP contribution < -0.4 is 5.32 Å². The SMILES string of the molecule is O=C(CCCN1C(=O)c2ccc(Br)cc2C1=O)NCc1cccc(C(=O)O)c1. The number of nitrogens with zero attached hydrogens (tertiary/aromatic N) is 1. The Hall–Kier alpha value is -3.00. The van der Waals surface area contributed by atoms with Crippen molar-refractivity contribution in [2.45, 2.75) is 19.4 Å². The zero-order chi connectivity index (χ0) is 20.3. The van der Waals surface area contributed by atoms with Crippen molar-refractivity contribution in [3.63, 3.8) is 0 Å². The van der Waals surface area contributed by atoms with Crippen molar-refractivity contribution in [3.8, 4) is 0 Å². The van der Waals surface area contributed by atoms with Crippen LogP contribution in [0.2, 0.25) is 0 Å². The smallest absolute Gasteiger partial charge is 0.335 e. The molecule has 0 saturated heterocycles. The molecule has 0 radical (unpaired) electrons. The van der Waals surface area contributed by atoms with Crippen LogP contribution >= 0.6 is 15.9 Å². The number of aromatic carboxylic acids is 1. The first-order chi connectivity index (χ1) is 13.4. The molecular formula is C20H17BrN2O5. The van der Waals surface area contributed by atoms with Gasteiger partial charge in [-0.05, 0) is 42.3 Å². The molecule has 0 fully saturated rings. The average Bonchev–Trinajstić information content (AvgIpc) is 2.91. The molecule has 28 heavy (non-hydrogen) atoms. The fourth-order valence-electron chi connectivity index (χ4n) is 2.97. The lowest BCUT2D eigenvalue weighted by Crippen LogP contribution is -2.32. The number of nitrogens with one attached hydrogen (secondary N) is 1. The Labute approximate surface area is 169 Å². The minimum Gasteiger partial charge on any atom is -0.478 e. The molecule has 0 saturated carbocycles. The fraction of sp³-hybridized carbons (Fsp3) is 0.200. The third-order valence-corrected chi connectivity index (χ3v) is 4.88. The zero-order valence-electron chi connectivity index (χ0n) is 14.8. The molecule has 0 aliphatic carbocycles. The molecule has 7 nitrogen and oxygen atoms in total. The van der Waals surface area contributed by atoms with E-state index in [4.69, 9.17) is 5.11 Å². The Morgan fingerprint density at radius 1 is 1.04 bits per heavy atom. The van der Waals surface area contributed by atoms with E-state index in [-0.39, 0.29) is 42.8 Å². The standard InChI is InChI=1S/C20H17BrN2O5/c21-14-6-7-15-16(10-14)19(26)23(18(15)25)8-2-5-17(24)22-11-12-3-1-4-13(9-12)20(27)28/h1,3-4,6-7,9-10H,2,5,8,11H2,(H,22,24)(H,27,28). The van der Waals surface area contributed by atoms with Gasteiger partial charge < -0.3 is 10.4 Å². The number of hydrogen-bond donors (Lipinski definition) is 2. The highest BCUT2D eigenvalue weighted by Gasteiger charge is 2.35. The van der Waals surface area contributed by atoms with Crippen LogP contribution in [0.4, 0.5) is 0 Å². The second kappa shape index (κ2) is 8.35. The van der Waals surface area contributed by atoms with Crippen LogP contribution in [0.1, 0.15) is 49.5 Å². The van der Waals surface area contributed by atoms with Crippen LogP contribution in [-0.2, 0) is 11.3 Å². The minimum atomic E-state index is -1.03. The summed E-state index contributed by atoms with van der Waals surface area (Å²) < 4.78 is 0.723. The van der Waals surface area contributed by atoms with Gasteiger partial charge in [0.1, 0.15) is 0 Å². The van der Waals surface area contributed by atoms with Gasteiger partial charge in [-0.3, -0.25) is 19.3 Å². The number of carboxylic acid groups (broad SMARTS) is 1. The molecule has 0 spiro atoms. The summed E-state index contributed by atoms with van der Waals surface area (Å²) in [4.78, 5) is 48.8. The van der Waals surface area contributed by atoms with E-state index in [0.29, 0.717) is 23.1 Å². The van der Waals surface area contributed by atoms with Gasteiger partial charge in [0.05, 0.1) is 16.7 Å². The van der Waals surface area contributed by atoms with E-state index < -0.39 is 5.97 Å². The van der Waals surface area contributed by atoms with Crippen LogP contribution in [0.5, 0.6) is 0 Å². The maximum atomic E-state index is 12.4. The molecule has 8 heteroatoms. The highest BCUT2D eigenvalue weighted by atomic mass is 79.9. The maximum absolute atomic E-state index is 12.4. The molecule has 0 unspecified atom stereocenters. The first kappa shape index (κ1) is 19.8. The van der Waals surface area contributed by atoms with Gasteiger partial charge in [-0.1, -0.05) is 28.1 Å². The van der Waals surface area contributed by atoms with Crippen molar-refractivity contribution < 1.29 is 24.3 Å². The quantitative estimate of drug-likeness (QED) is 0.638. The van der Waals surface area contributed by atoms with Crippen LogP contribution in [-0.4, -0.2) is 40.2 Å². The third kappa shape index (κ3) is 4.28. The summed E-state index contributed by atoms with van der Waals surface area (Å²) in [6, 6.07) is 11.3. The molecule has 1 aliphatic heterocycles. The highest BCUT2D eigenvalue weighted by molar-refractivity contribution is 9.10. The molecule has 2 aromatic carbocycles. The van der Waals surface area contributed by atoms with E-state index in [9.17, 15) is 19.2 Å². The molecule has 3 amide bonds. The predicted octanol–water partition coefficient (Wildman–Crippen LogP) is 2.84. The Kier molecular flexibility index (Phi) is 5.89. The van der Waals surface area contributed by atoms with Gasteiger partial charge in [-0.2, -0.15) is 0 Å². The Bertz CT molecular complexity index is 973. The summed E-state index contributed by atoms with van der Waals surface area (Å²) in [6.45, 7) is 0.368. The van der Waals surface area contributed by atoms with E-state index in [1.807, 2.05) is 0 Å². The molecule has 3 rings (SSSR count). The van der Waals surface area contributed by atoms with Gasteiger partial charge in [0.15, 0.2) is 0 Å². The van der Waals surface area contributed by atoms with Crippen LogP contribution in [0, 0.1) is 0 Å². The number of benzene rings is 2. The number of carboxylic acids is 1. The lowest BCUT2D eigenvalue weighted by molar-refractivity contribution is -0.121. The molecule has 1 aliphatic rings. The summed E-state index contributed by atoms with van der Waals surface area (Å²) in [5.41, 5.74) is 1.57. The van der Waals surface area contributed by atoms with Crippen LogP contribution in [0.3, 0.4) is 0 Å². The molecule has 2 aromatic rings. The predicted molar refractivity (Wildman–Crippen MR) is 104 cm³/mol. The first-order valence-electron chi connectivity index (χ1n) is 8.61. The number of hydrogen-bond acceptors (Lipinski definition) is 4. The molecule has 0 atom stereocenters. The Morgan fingerprint density at radius 3 is 2.54 bits per heavy atom. The van der Waals surface area contributed by atoms with E-state index in [2.05, 4.69) is 21.2 Å². The Balaban J connectivity index is 1.48. The number of amides is 3. The average molecular weight is 445 g/mol. The molecule has 144 valence electrons. The summed E-state index contributed by atoms with van der Waals surface area (Å²) in [7, 11) is 0. The van der Waals surface area contributed by atoms with E-state index in [0.717, 1.165) is 9.37 Å². The third-order valence-electron chi connectivity index (χ3n) is 4.38. The zero-order valence-corrected chi connectivity index (χ0v) is 16.4. The Morgan fingerprint density at radius 2 is 1.79 bits per heavy atom. The lowest BCUT2D eigenvalue weighted by Gasteiger charge is -2.13. The van der Waals surface area contributed by atoms with Crippen molar-refractivity contribution >= 4 is 39.6 Å². The van der Waals surface area contributed by atoms with Crippen molar-refractivity contribution in [2.75, 3.05) is 6.54 Å². The van der Waals surface area contributed by atoms with Crippen molar-refractivity contribution in [3.05, 3.63) is 69.2 Å². The van der Waals surface area contributed by atoms with Gasteiger partial charge in [0, 0.05) is 24.0 Å². The van der Waals surface area contributed by atoms with Crippen molar-refractivity contribution in [1.82, 2.24) is 10.2 Å². The molecule has 0 aromatic heterocycles. The van der Waals surface area contributed by atoms with Gasteiger partial charge in [0.2, 0.25) is 5.91 Å². The topological polar surface area (TPSA) is 104 Å². The van der Waals surface area contributed by atoms with Crippen LogP contribution in [0.15, 0.2) is 46.9 Å². The van der Waals surface area contributed by atoms with Crippen LogP contribution in [0.25, 0.3) is 0 Å². The van der Waals surface area contributed by atoms with E-state index in [1.54, 1.807) is 30.3 Å². The molecule has 1 heterocycles. The molecular weight excluding hydrogens is 428 g/mol. The minimum absolute atomic E-state index is 0.149. The second-order valence-corrected chi connectivity index (χ2v) is 7.25. The van der Waals surface area contributed by atoms with E-state index >= 15 is 0 Å². The largest absolute Gasteiger partial charge is 0.478 e. The van der Waals surface area contributed by atoms with E-state index in [1.165, 1.54) is 12.1 Å². The van der Waals surface area contributed by atoms with Crippen molar-refractivity contribution in [2.24, 2.45) is 0 Å². The van der Waals surface area contributed by atoms with Gasteiger partial charge in [-0.15, -0.1) is 0 Å². The summed E-state index contributed by atoms with van der Waals surface area (Å²) in [5.74, 6) is -1.97. The molecule has 2 N–H and O–H groups in total. The maximum Gasteiger partial charge on any atom is 0.335 e. The second-order valence-electron chi connectivity index (χ2n) is 6.34. The number of fused-ring (bicyclic) bond motifs is 1. The number of imide groups is 1. The summed E-state index contributed by atoms with van der Waals surface area (Å²) in [5, 5.41) is 11.7. The lowest BCUT2D eigenvalue weighted by atomic mass is 10.1. The van der Waals surface area contributed by atoms with Crippen molar-refractivity contribution in [1.29, 1.82) is 0 Å². The molecule has 0 bridgehead atoms. The normalized spacial score (nSPS) is 12.8. The summed E-state index contributed by atoms with van der Waals surface area (Å²) in [6.07, 6.45) is 0.489. The number of halogens is 1. The monoisotopic (exact) mass is 444 g/mol. The fourth-order valence-corrected chi connectivity index (χ4v) is 3.33.